The zero-order chi connectivity index (χ0) is 18.5. The molecule has 0 bridgehead atoms. The molecule has 0 spiro atoms. The number of aromatic nitrogens is 2. The fourth-order valence-electron chi connectivity index (χ4n) is 2.67. The van der Waals surface area contributed by atoms with Crippen molar-refractivity contribution < 1.29 is 13.9 Å². The maximum absolute atomic E-state index is 13.3. The van der Waals surface area contributed by atoms with Crippen LogP contribution in [0.4, 0.5) is 4.39 Å². The van der Waals surface area contributed by atoms with Crippen LogP contribution in [0.3, 0.4) is 0 Å². The fraction of sp³-hybridized carbons (Fsp3) is 0.250. The summed E-state index contributed by atoms with van der Waals surface area (Å²) in [4.78, 5) is 11.1. The number of aryl methyl sites for hydroxylation is 3. The maximum atomic E-state index is 13.3. The van der Waals surface area contributed by atoms with E-state index in [4.69, 9.17) is 4.74 Å². The molecule has 4 nitrogen and oxygen atoms in total. The van der Waals surface area contributed by atoms with E-state index in [9.17, 15) is 9.18 Å². The third-order valence-electron chi connectivity index (χ3n) is 3.87. The minimum atomic E-state index is -0.313. The second-order valence-corrected chi connectivity index (χ2v) is 8.50. The summed E-state index contributed by atoms with van der Waals surface area (Å²) in [7, 11) is 0. The Bertz CT molecular complexity index is 924. The minimum absolute atomic E-state index is 0.124. The van der Waals surface area contributed by atoms with Crippen molar-refractivity contribution in [3.05, 3.63) is 74.1 Å². The van der Waals surface area contributed by atoms with Crippen molar-refractivity contribution in [3.63, 3.8) is 0 Å². The van der Waals surface area contributed by atoms with Gasteiger partial charge in [0.15, 0.2) is 0 Å². The first-order valence-corrected chi connectivity index (χ1v) is 10.0. The Labute approximate surface area is 157 Å². The summed E-state index contributed by atoms with van der Waals surface area (Å²) in [6, 6.07) is 12.5. The molecule has 3 rings (SSSR count). The second kappa shape index (κ2) is 8.39. The summed E-state index contributed by atoms with van der Waals surface area (Å²) in [6.07, 6.45) is 2.37. The van der Waals surface area contributed by atoms with E-state index >= 15 is 0 Å². The van der Waals surface area contributed by atoms with Crippen LogP contribution in [0.1, 0.15) is 32.7 Å². The standard InChI is InChI=1S/C20H19FN2O2Se/c1-13-10-15(6-8-18(13)25-14(2)24)7-9-19-22-23-20(26-19)12-16-4-3-5-17(21)11-16/h3-6,8,10-11H,7,9,12H2,1-2H3. The molecule has 0 saturated heterocycles. The van der Waals surface area contributed by atoms with Gasteiger partial charge in [0.2, 0.25) is 0 Å². The molecule has 0 aliphatic heterocycles. The Morgan fingerprint density at radius 1 is 1.08 bits per heavy atom. The van der Waals surface area contributed by atoms with Crippen LogP contribution in [0.5, 0.6) is 5.75 Å². The van der Waals surface area contributed by atoms with Gasteiger partial charge in [0, 0.05) is 0 Å². The number of hydrogen-bond donors (Lipinski definition) is 0. The van der Waals surface area contributed by atoms with Crippen molar-refractivity contribution in [1.82, 2.24) is 10.2 Å². The van der Waals surface area contributed by atoms with E-state index < -0.39 is 0 Å². The van der Waals surface area contributed by atoms with Crippen molar-refractivity contribution in [3.8, 4) is 5.75 Å². The van der Waals surface area contributed by atoms with E-state index in [-0.39, 0.29) is 26.3 Å². The Morgan fingerprint density at radius 2 is 1.88 bits per heavy atom. The van der Waals surface area contributed by atoms with Crippen LogP contribution >= 0.6 is 0 Å². The van der Waals surface area contributed by atoms with Crippen molar-refractivity contribution in [2.75, 3.05) is 0 Å². The average molecular weight is 417 g/mol. The molecule has 0 saturated carbocycles. The van der Waals surface area contributed by atoms with Crippen LogP contribution in [0, 0.1) is 12.7 Å². The van der Waals surface area contributed by atoms with E-state index in [2.05, 4.69) is 10.2 Å². The molecule has 0 aliphatic carbocycles. The van der Waals surface area contributed by atoms with Gasteiger partial charge in [0.05, 0.1) is 0 Å². The van der Waals surface area contributed by atoms with Gasteiger partial charge in [-0.05, 0) is 0 Å². The average Bonchev–Trinajstić information content (AvgIpc) is 3.02. The van der Waals surface area contributed by atoms with Crippen LogP contribution in [0.15, 0.2) is 42.5 Å². The van der Waals surface area contributed by atoms with E-state index in [0.29, 0.717) is 12.2 Å². The summed E-state index contributed by atoms with van der Waals surface area (Å²) in [6.45, 7) is 3.33. The SMILES string of the molecule is CC(=O)Oc1ccc(CCc2nnc(Cc3cccc(F)c3)[se]2)cc1C. The van der Waals surface area contributed by atoms with Crippen LogP contribution in [-0.2, 0) is 24.1 Å². The van der Waals surface area contributed by atoms with Gasteiger partial charge >= 0.3 is 158 Å². The molecule has 1 aromatic heterocycles. The second-order valence-electron chi connectivity index (χ2n) is 6.09. The van der Waals surface area contributed by atoms with Crippen LogP contribution in [-0.4, -0.2) is 30.7 Å². The van der Waals surface area contributed by atoms with Crippen LogP contribution in [0.25, 0.3) is 0 Å². The van der Waals surface area contributed by atoms with Gasteiger partial charge in [-0.25, -0.2) is 0 Å². The van der Waals surface area contributed by atoms with Gasteiger partial charge in [-0.2, -0.15) is 0 Å². The molecule has 0 aliphatic rings. The molecule has 134 valence electrons. The van der Waals surface area contributed by atoms with Gasteiger partial charge in [-0.1, -0.05) is 0 Å². The van der Waals surface area contributed by atoms with Gasteiger partial charge in [-0.3, -0.25) is 0 Å². The molecule has 0 N–H and O–H groups in total. The molecule has 6 heteroatoms. The Kier molecular flexibility index (Phi) is 5.96. The van der Waals surface area contributed by atoms with Crippen LogP contribution in [0.2, 0.25) is 0 Å². The van der Waals surface area contributed by atoms with Crippen molar-refractivity contribution in [1.29, 1.82) is 0 Å². The molecule has 0 atom stereocenters. The number of hydrogen-bond acceptors (Lipinski definition) is 4. The zero-order valence-electron chi connectivity index (χ0n) is 14.7. The predicted molar refractivity (Wildman–Crippen MR) is 98.1 cm³/mol. The van der Waals surface area contributed by atoms with Gasteiger partial charge < -0.3 is 0 Å². The molecule has 3 aromatic rings. The molecular formula is C20H19FN2O2Se. The number of halogens is 1. The summed E-state index contributed by atoms with van der Waals surface area (Å²) >= 11 is 0.124. The van der Waals surface area contributed by atoms with E-state index in [1.807, 2.05) is 31.2 Å². The van der Waals surface area contributed by atoms with Gasteiger partial charge in [-0.15, -0.1) is 0 Å². The van der Waals surface area contributed by atoms with Crippen molar-refractivity contribution in [2.24, 2.45) is 0 Å². The molecule has 0 radical (unpaired) electrons. The number of carbonyl (C=O) groups is 1. The molecular weight excluding hydrogens is 398 g/mol. The number of nitrogens with zero attached hydrogens (tertiary/aromatic N) is 2. The van der Waals surface area contributed by atoms with E-state index in [1.165, 1.54) is 18.6 Å². The van der Waals surface area contributed by atoms with Gasteiger partial charge in [0.25, 0.3) is 0 Å². The number of carbonyl (C=O) groups excluding carboxylic acids is 1. The van der Waals surface area contributed by atoms with E-state index in [0.717, 1.165) is 33.1 Å². The molecule has 26 heavy (non-hydrogen) atoms. The van der Waals surface area contributed by atoms with Crippen LogP contribution < -0.4 is 4.74 Å². The number of esters is 1. The summed E-state index contributed by atoms with van der Waals surface area (Å²) in [5.41, 5.74) is 3.05. The summed E-state index contributed by atoms with van der Waals surface area (Å²) in [5, 5.41) is 8.57. The number of ether oxygens (including phenoxy) is 1. The molecule has 2 aromatic carbocycles. The molecule has 1 heterocycles. The Hall–Kier alpha value is -2.30. The van der Waals surface area contributed by atoms with E-state index in [1.54, 1.807) is 12.1 Å². The summed E-state index contributed by atoms with van der Waals surface area (Å²) in [5.74, 6) is 0.0681. The Morgan fingerprint density at radius 3 is 2.62 bits per heavy atom. The number of benzene rings is 2. The molecule has 0 fully saturated rings. The molecule has 0 unspecified atom stereocenters. The zero-order valence-corrected chi connectivity index (χ0v) is 16.4. The number of rotatable bonds is 6. The summed E-state index contributed by atoms with van der Waals surface area (Å²) < 4.78 is 20.5. The predicted octanol–water partition coefficient (Wildman–Crippen LogP) is 3.28. The van der Waals surface area contributed by atoms with Crippen molar-refractivity contribution in [2.45, 2.75) is 33.1 Å². The fourth-order valence-corrected chi connectivity index (χ4v) is 4.51. The quantitative estimate of drug-likeness (QED) is 0.351. The van der Waals surface area contributed by atoms with Crippen molar-refractivity contribution >= 4 is 20.5 Å². The third-order valence-corrected chi connectivity index (χ3v) is 5.94. The normalized spacial score (nSPS) is 10.7. The topological polar surface area (TPSA) is 52.1 Å². The first-order valence-electron chi connectivity index (χ1n) is 8.33. The van der Waals surface area contributed by atoms with Gasteiger partial charge in [0.1, 0.15) is 0 Å². The third kappa shape index (κ3) is 5.10. The monoisotopic (exact) mass is 418 g/mol. The first-order chi connectivity index (χ1) is 12.5. The Balaban J connectivity index is 1.59. The molecule has 0 amide bonds. The first kappa shape index (κ1) is 18.5.